The molecule has 2 atom stereocenters. The van der Waals surface area contributed by atoms with Crippen LogP contribution in [-0.2, 0) is 23.0 Å². The Morgan fingerprint density at radius 3 is 2.36 bits per heavy atom. The summed E-state index contributed by atoms with van der Waals surface area (Å²) in [5, 5.41) is 24.2. The Labute approximate surface area is 228 Å². The van der Waals surface area contributed by atoms with Crippen molar-refractivity contribution in [1.82, 2.24) is 9.88 Å². The standard InChI is InChI=1S/C29H33N3O6S/c1-20(30-17-25(33)19-38-26-6-4-3-5-7-26)14-22-10-13-27-23(15-22)16-28(29(34)35)32(27)18-21-8-11-24(12-9-21)31-39(2,36)37/h3-13,15-16,20,25,30-31,33H,14,17-19H2,1-2H3,(H,34,35). The number of aromatic nitrogens is 1. The van der Waals surface area contributed by atoms with Gasteiger partial charge in [-0.15, -0.1) is 0 Å². The fraction of sp³-hybridized carbons (Fsp3) is 0.276. The Bertz CT molecular complexity index is 1520. The van der Waals surface area contributed by atoms with E-state index in [-0.39, 0.29) is 18.3 Å². The van der Waals surface area contributed by atoms with E-state index in [4.69, 9.17) is 4.74 Å². The van der Waals surface area contributed by atoms with E-state index in [1.807, 2.05) is 55.5 Å². The number of para-hydroxylation sites is 1. The number of sulfonamides is 1. The van der Waals surface area contributed by atoms with Crippen LogP contribution in [0.15, 0.2) is 78.9 Å². The summed E-state index contributed by atoms with van der Waals surface area (Å²) >= 11 is 0. The minimum atomic E-state index is -3.38. The molecule has 0 fully saturated rings. The average Bonchev–Trinajstić information content (AvgIpc) is 3.25. The predicted octanol–water partition coefficient (Wildman–Crippen LogP) is 3.72. The number of aliphatic hydroxyl groups is 1. The van der Waals surface area contributed by atoms with E-state index in [1.165, 1.54) is 0 Å². The molecule has 0 radical (unpaired) electrons. The molecule has 4 N–H and O–H groups in total. The summed E-state index contributed by atoms with van der Waals surface area (Å²) in [4.78, 5) is 12.0. The van der Waals surface area contributed by atoms with Crippen molar-refractivity contribution < 1.29 is 28.2 Å². The van der Waals surface area contributed by atoms with E-state index in [2.05, 4.69) is 10.0 Å². The first-order chi connectivity index (χ1) is 18.6. The van der Waals surface area contributed by atoms with Crippen molar-refractivity contribution in [2.75, 3.05) is 24.1 Å². The molecule has 9 nitrogen and oxygen atoms in total. The summed E-state index contributed by atoms with van der Waals surface area (Å²) in [5.41, 5.74) is 3.30. The molecule has 4 aromatic rings. The molecular weight excluding hydrogens is 518 g/mol. The van der Waals surface area contributed by atoms with Crippen molar-refractivity contribution in [2.24, 2.45) is 0 Å². The quantitative estimate of drug-likeness (QED) is 0.199. The third kappa shape index (κ3) is 8.06. The Kier molecular flexibility index (Phi) is 8.90. The van der Waals surface area contributed by atoms with Crippen molar-refractivity contribution >= 4 is 32.6 Å². The Morgan fingerprint density at radius 1 is 1.00 bits per heavy atom. The lowest BCUT2D eigenvalue weighted by atomic mass is 10.0. The summed E-state index contributed by atoms with van der Waals surface area (Å²) in [6.45, 7) is 2.93. The highest BCUT2D eigenvalue weighted by Gasteiger charge is 2.16. The predicted molar refractivity (Wildman–Crippen MR) is 152 cm³/mol. The van der Waals surface area contributed by atoms with Gasteiger partial charge in [0.25, 0.3) is 0 Å². The highest BCUT2D eigenvalue weighted by atomic mass is 32.2. The SMILES string of the molecule is CC(Cc1ccc2c(c1)cc(C(=O)O)n2Cc1ccc(NS(C)(=O)=O)cc1)NCC(O)COc1ccccc1. The van der Waals surface area contributed by atoms with Gasteiger partial charge in [-0.05, 0) is 66.9 Å². The maximum Gasteiger partial charge on any atom is 0.352 e. The number of nitrogens with zero attached hydrogens (tertiary/aromatic N) is 1. The van der Waals surface area contributed by atoms with Crippen molar-refractivity contribution in [1.29, 1.82) is 0 Å². The molecule has 2 unspecified atom stereocenters. The van der Waals surface area contributed by atoms with Crippen LogP contribution >= 0.6 is 0 Å². The third-order valence-corrected chi connectivity index (χ3v) is 6.82. The number of carbonyl (C=O) groups is 1. The van der Waals surface area contributed by atoms with Crippen molar-refractivity contribution in [3.63, 3.8) is 0 Å². The van der Waals surface area contributed by atoms with E-state index >= 15 is 0 Å². The van der Waals surface area contributed by atoms with Crippen molar-refractivity contribution in [2.45, 2.75) is 32.0 Å². The number of carboxylic acid groups (broad SMARTS) is 1. The summed E-state index contributed by atoms with van der Waals surface area (Å²) in [7, 11) is -3.38. The van der Waals surface area contributed by atoms with Gasteiger partial charge in [-0.3, -0.25) is 4.72 Å². The van der Waals surface area contributed by atoms with Gasteiger partial charge in [0.15, 0.2) is 0 Å². The summed E-state index contributed by atoms with van der Waals surface area (Å²) in [6, 6.07) is 23.8. The smallest absolute Gasteiger partial charge is 0.352 e. The maximum absolute atomic E-state index is 12.0. The molecule has 1 aromatic heterocycles. The normalized spacial score (nSPS) is 13.2. The van der Waals surface area contributed by atoms with E-state index < -0.39 is 22.1 Å². The van der Waals surface area contributed by atoms with E-state index in [1.54, 1.807) is 34.9 Å². The monoisotopic (exact) mass is 551 g/mol. The zero-order valence-corrected chi connectivity index (χ0v) is 22.7. The van der Waals surface area contributed by atoms with Crippen LogP contribution in [0.25, 0.3) is 10.9 Å². The van der Waals surface area contributed by atoms with Crippen LogP contribution in [0, 0.1) is 0 Å². The summed E-state index contributed by atoms with van der Waals surface area (Å²) in [6.07, 6.45) is 1.13. The number of rotatable bonds is 13. The molecule has 0 aliphatic heterocycles. The minimum absolute atomic E-state index is 0.0777. The molecule has 39 heavy (non-hydrogen) atoms. The maximum atomic E-state index is 12.0. The van der Waals surface area contributed by atoms with Crippen LogP contribution in [0.3, 0.4) is 0 Å². The molecule has 3 aromatic carbocycles. The fourth-order valence-electron chi connectivity index (χ4n) is 4.40. The Balaban J connectivity index is 1.40. The van der Waals surface area contributed by atoms with Crippen LogP contribution in [0.4, 0.5) is 5.69 Å². The Morgan fingerprint density at radius 2 is 1.69 bits per heavy atom. The molecule has 0 bridgehead atoms. The zero-order valence-electron chi connectivity index (χ0n) is 21.9. The number of anilines is 1. The number of benzene rings is 3. The van der Waals surface area contributed by atoms with Crippen LogP contribution in [-0.4, -0.2) is 60.7 Å². The van der Waals surface area contributed by atoms with Gasteiger partial charge in [0.2, 0.25) is 10.0 Å². The first-order valence-corrected chi connectivity index (χ1v) is 14.5. The number of carboxylic acids is 1. The highest BCUT2D eigenvalue weighted by molar-refractivity contribution is 7.92. The molecule has 0 amide bonds. The van der Waals surface area contributed by atoms with Gasteiger partial charge in [0, 0.05) is 35.7 Å². The highest BCUT2D eigenvalue weighted by Crippen LogP contribution is 2.24. The van der Waals surface area contributed by atoms with Gasteiger partial charge in [-0.25, -0.2) is 13.2 Å². The fourth-order valence-corrected chi connectivity index (χ4v) is 4.96. The van der Waals surface area contributed by atoms with Crippen LogP contribution < -0.4 is 14.8 Å². The lowest BCUT2D eigenvalue weighted by Crippen LogP contribution is -2.37. The summed E-state index contributed by atoms with van der Waals surface area (Å²) < 4.78 is 32.6. The van der Waals surface area contributed by atoms with Crippen molar-refractivity contribution in [3.8, 4) is 5.75 Å². The number of hydrogen-bond donors (Lipinski definition) is 4. The summed E-state index contributed by atoms with van der Waals surface area (Å²) in [5.74, 6) is -0.309. The number of aromatic carboxylic acids is 1. The van der Waals surface area contributed by atoms with E-state index in [0.29, 0.717) is 30.9 Å². The number of ether oxygens (including phenoxy) is 1. The van der Waals surface area contributed by atoms with Crippen LogP contribution in [0.5, 0.6) is 5.75 Å². The second kappa shape index (κ2) is 12.3. The van der Waals surface area contributed by atoms with Gasteiger partial charge in [-0.1, -0.05) is 36.4 Å². The first kappa shape index (κ1) is 28.2. The molecule has 206 valence electrons. The molecule has 0 aliphatic carbocycles. The number of aliphatic hydroxyl groups excluding tert-OH is 1. The zero-order chi connectivity index (χ0) is 28.0. The number of hydrogen-bond acceptors (Lipinski definition) is 6. The van der Waals surface area contributed by atoms with Gasteiger partial charge >= 0.3 is 5.97 Å². The molecule has 0 spiro atoms. The molecule has 0 saturated carbocycles. The lowest BCUT2D eigenvalue weighted by molar-refractivity contribution is 0.0686. The van der Waals surface area contributed by atoms with E-state index in [9.17, 15) is 23.4 Å². The second-order valence-corrected chi connectivity index (χ2v) is 11.4. The minimum Gasteiger partial charge on any atom is -0.491 e. The van der Waals surface area contributed by atoms with E-state index in [0.717, 1.165) is 28.3 Å². The van der Waals surface area contributed by atoms with Gasteiger partial charge in [0.05, 0.1) is 6.26 Å². The Hall–Kier alpha value is -3.86. The third-order valence-electron chi connectivity index (χ3n) is 6.21. The van der Waals surface area contributed by atoms with Crippen LogP contribution in [0.1, 0.15) is 28.5 Å². The number of nitrogens with one attached hydrogen (secondary N) is 2. The molecular formula is C29H33N3O6S. The average molecular weight is 552 g/mol. The van der Waals surface area contributed by atoms with Gasteiger partial charge in [-0.2, -0.15) is 0 Å². The molecule has 10 heteroatoms. The van der Waals surface area contributed by atoms with Crippen LogP contribution in [0.2, 0.25) is 0 Å². The molecule has 4 rings (SSSR count). The molecule has 0 aliphatic rings. The molecule has 0 saturated heterocycles. The van der Waals surface area contributed by atoms with Gasteiger partial charge in [0.1, 0.15) is 24.2 Å². The van der Waals surface area contributed by atoms with Crippen molar-refractivity contribution in [3.05, 3.63) is 95.7 Å². The second-order valence-electron chi connectivity index (χ2n) is 9.68. The number of fused-ring (bicyclic) bond motifs is 1. The lowest BCUT2D eigenvalue weighted by Gasteiger charge is -2.18. The largest absolute Gasteiger partial charge is 0.491 e. The topological polar surface area (TPSA) is 130 Å². The first-order valence-electron chi connectivity index (χ1n) is 12.6. The molecule has 1 heterocycles. The van der Waals surface area contributed by atoms with Gasteiger partial charge < -0.3 is 24.8 Å².